The minimum Gasteiger partial charge on any atom is -0.361 e. The van der Waals surface area contributed by atoms with Gasteiger partial charge in [0, 0.05) is 11.4 Å². The largest absolute Gasteiger partial charge is 0.361 e. The molecule has 0 radical (unpaired) electrons. The van der Waals surface area contributed by atoms with Crippen LogP contribution >= 0.6 is 11.3 Å². The predicted molar refractivity (Wildman–Crippen MR) is 84.2 cm³/mol. The SMILES string of the molecule is CCCc1nc(NCC(C)c2ccccc2)sc1C. The summed E-state index contributed by atoms with van der Waals surface area (Å²) in [5.74, 6) is 0.500. The highest BCUT2D eigenvalue weighted by Crippen LogP contribution is 2.24. The van der Waals surface area contributed by atoms with Crippen LogP contribution in [0.2, 0.25) is 0 Å². The lowest BCUT2D eigenvalue weighted by Crippen LogP contribution is -2.09. The van der Waals surface area contributed by atoms with Crippen LogP contribution < -0.4 is 5.32 Å². The number of hydrogen-bond donors (Lipinski definition) is 1. The van der Waals surface area contributed by atoms with Gasteiger partial charge in [-0.15, -0.1) is 11.3 Å². The van der Waals surface area contributed by atoms with Crippen LogP contribution in [0.3, 0.4) is 0 Å². The third-order valence-corrected chi connectivity index (χ3v) is 4.28. The standard InChI is InChI=1S/C16H22N2S/c1-4-8-15-13(3)19-16(18-15)17-11-12(2)14-9-6-5-7-10-14/h5-7,9-10,12H,4,8,11H2,1-3H3,(H,17,18). The smallest absolute Gasteiger partial charge is 0.183 e. The molecule has 0 bridgehead atoms. The normalized spacial score (nSPS) is 12.4. The van der Waals surface area contributed by atoms with Crippen molar-refractivity contribution in [2.75, 3.05) is 11.9 Å². The van der Waals surface area contributed by atoms with Crippen molar-refractivity contribution < 1.29 is 0 Å². The zero-order valence-electron chi connectivity index (χ0n) is 11.9. The molecule has 102 valence electrons. The van der Waals surface area contributed by atoms with E-state index in [0.29, 0.717) is 5.92 Å². The Balaban J connectivity index is 1.93. The minimum atomic E-state index is 0.500. The highest BCUT2D eigenvalue weighted by Gasteiger charge is 2.09. The van der Waals surface area contributed by atoms with Gasteiger partial charge in [-0.3, -0.25) is 0 Å². The monoisotopic (exact) mass is 274 g/mol. The van der Waals surface area contributed by atoms with Crippen molar-refractivity contribution >= 4 is 16.5 Å². The van der Waals surface area contributed by atoms with Crippen molar-refractivity contribution in [1.82, 2.24) is 4.98 Å². The second-order valence-electron chi connectivity index (χ2n) is 4.96. The van der Waals surface area contributed by atoms with Gasteiger partial charge < -0.3 is 5.32 Å². The lowest BCUT2D eigenvalue weighted by molar-refractivity contribution is 0.802. The third kappa shape index (κ3) is 3.80. The Morgan fingerprint density at radius 3 is 2.68 bits per heavy atom. The summed E-state index contributed by atoms with van der Waals surface area (Å²) in [5.41, 5.74) is 2.62. The van der Waals surface area contributed by atoms with E-state index in [1.165, 1.54) is 16.1 Å². The van der Waals surface area contributed by atoms with Crippen LogP contribution in [0.4, 0.5) is 5.13 Å². The summed E-state index contributed by atoms with van der Waals surface area (Å²) in [6.07, 6.45) is 2.24. The minimum absolute atomic E-state index is 0.500. The molecule has 3 heteroatoms. The molecule has 19 heavy (non-hydrogen) atoms. The van der Waals surface area contributed by atoms with Gasteiger partial charge in [-0.05, 0) is 24.8 Å². The molecule has 1 aromatic heterocycles. The molecule has 1 aromatic carbocycles. The molecular formula is C16H22N2S. The molecule has 0 aliphatic carbocycles. The van der Waals surface area contributed by atoms with Gasteiger partial charge in [0.1, 0.15) is 0 Å². The summed E-state index contributed by atoms with van der Waals surface area (Å²) in [4.78, 5) is 6.02. The zero-order chi connectivity index (χ0) is 13.7. The van der Waals surface area contributed by atoms with Gasteiger partial charge in [-0.25, -0.2) is 4.98 Å². The Morgan fingerprint density at radius 2 is 2.00 bits per heavy atom. The molecule has 1 unspecified atom stereocenters. The van der Waals surface area contributed by atoms with E-state index in [4.69, 9.17) is 0 Å². The van der Waals surface area contributed by atoms with Crippen LogP contribution in [0.15, 0.2) is 30.3 Å². The Kier molecular flexibility index (Phi) is 4.97. The Labute approximate surface area is 119 Å². The molecule has 0 spiro atoms. The second-order valence-corrected chi connectivity index (χ2v) is 6.17. The first-order chi connectivity index (χ1) is 9.20. The number of nitrogens with one attached hydrogen (secondary N) is 1. The predicted octanol–water partition coefficient (Wildman–Crippen LogP) is 4.62. The number of benzene rings is 1. The highest BCUT2D eigenvalue weighted by atomic mass is 32.1. The molecule has 0 aliphatic rings. The summed E-state index contributed by atoms with van der Waals surface area (Å²) >= 11 is 1.77. The third-order valence-electron chi connectivity index (χ3n) is 3.31. The van der Waals surface area contributed by atoms with Gasteiger partial charge >= 0.3 is 0 Å². The van der Waals surface area contributed by atoms with E-state index >= 15 is 0 Å². The van der Waals surface area contributed by atoms with E-state index in [-0.39, 0.29) is 0 Å². The molecular weight excluding hydrogens is 252 g/mol. The topological polar surface area (TPSA) is 24.9 Å². The fourth-order valence-corrected chi connectivity index (χ4v) is 2.98. The molecule has 2 nitrogen and oxygen atoms in total. The number of nitrogens with zero attached hydrogens (tertiary/aromatic N) is 1. The summed E-state index contributed by atoms with van der Waals surface area (Å²) in [5, 5.41) is 4.53. The molecule has 0 fully saturated rings. The van der Waals surface area contributed by atoms with E-state index in [2.05, 4.69) is 61.4 Å². The van der Waals surface area contributed by atoms with Crippen molar-refractivity contribution in [1.29, 1.82) is 0 Å². The van der Waals surface area contributed by atoms with Crippen LogP contribution in [0, 0.1) is 6.92 Å². The quantitative estimate of drug-likeness (QED) is 0.831. The first kappa shape index (κ1) is 14.1. The van der Waals surface area contributed by atoms with E-state index in [1.807, 2.05) is 0 Å². The average molecular weight is 274 g/mol. The van der Waals surface area contributed by atoms with Crippen molar-refractivity contribution in [2.45, 2.75) is 39.5 Å². The van der Waals surface area contributed by atoms with Gasteiger partial charge in [-0.1, -0.05) is 50.6 Å². The maximum Gasteiger partial charge on any atom is 0.183 e. The van der Waals surface area contributed by atoms with Gasteiger partial charge in [0.15, 0.2) is 5.13 Å². The van der Waals surface area contributed by atoms with Crippen LogP contribution in [-0.4, -0.2) is 11.5 Å². The number of rotatable bonds is 6. The lowest BCUT2D eigenvalue weighted by atomic mass is 10.0. The Morgan fingerprint density at radius 1 is 1.26 bits per heavy atom. The van der Waals surface area contributed by atoms with Crippen molar-refractivity contribution in [3.05, 3.63) is 46.5 Å². The number of hydrogen-bond acceptors (Lipinski definition) is 3. The number of aryl methyl sites for hydroxylation is 2. The molecule has 0 aliphatic heterocycles. The molecule has 1 N–H and O–H groups in total. The van der Waals surface area contributed by atoms with Gasteiger partial charge in [0.25, 0.3) is 0 Å². The van der Waals surface area contributed by atoms with Crippen LogP contribution in [-0.2, 0) is 6.42 Å². The molecule has 1 heterocycles. The van der Waals surface area contributed by atoms with Crippen molar-refractivity contribution in [3.8, 4) is 0 Å². The summed E-state index contributed by atoms with van der Waals surface area (Å²) < 4.78 is 0. The first-order valence-electron chi connectivity index (χ1n) is 6.95. The summed E-state index contributed by atoms with van der Waals surface area (Å²) in [6.45, 7) is 7.54. The fraction of sp³-hybridized carbons (Fsp3) is 0.438. The summed E-state index contributed by atoms with van der Waals surface area (Å²) in [7, 11) is 0. The Bertz CT molecular complexity index is 505. The highest BCUT2D eigenvalue weighted by molar-refractivity contribution is 7.15. The van der Waals surface area contributed by atoms with E-state index < -0.39 is 0 Å². The van der Waals surface area contributed by atoms with E-state index in [9.17, 15) is 0 Å². The molecule has 0 amide bonds. The van der Waals surface area contributed by atoms with Crippen molar-refractivity contribution in [3.63, 3.8) is 0 Å². The van der Waals surface area contributed by atoms with Crippen molar-refractivity contribution in [2.24, 2.45) is 0 Å². The Hall–Kier alpha value is -1.35. The molecule has 2 aromatic rings. The van der Waals surface area contributed by atoms with Crippen LogP contribution in [0.1, 0.15) is 42.3 Å². The molecule has 0 saturated carbocycles. The maximum absolute atomic E-state index is 4.67. The number of thiazole rings is 1. The summed E-state index contributed by atoms with van der Waals surface area (Å²) in [6, 6.07) is 10.6. The average Bonchev–Trinajstić information content (AvgIpc) is 2.78. The fourth-order valence-electron chi connectivity index (χ4n) is 2.11. The molecule has 1 atom stereocenters. The van der Waals surface area contributed by atoms with E-state index in [1.54, 1.807) is 11.3 Å². The first-order valence-corrected chi connectivity index (χ1v) is 7.77. The van der Waals surface area contributed by atoms with Crippen LogP contribution in [0.5, 0.6) is 0 Å². The maximum atomic E-state index is 4.67. The van der Waals surface area contributed by atoms with Crippen LogP contribution in [0.25, 0.3) is 0 Å². The second kappa shape index (κ2) is 6.71. The van der Waals surface area contributed by atoms with Gasteiger partial charge in [-0.2, -0.15) is 0 Å². The number of anilines is 1. The van der Waals surface area contributed by atoms with E-state index in [0.717, 1.165) is 24.5 Å². The lowest BCUT2D eigenvalue weighted by Gasteiger charge is -2.12. The zero-order valence-corrected chi connectivity index (χ0v) is 12.8. The molecule has 0 saturated heterocycles. The number of aromatic nitrogens is 1. The molecule has 2 rings (SSSR count). The van der Waals surface area contributed by atoms with Gasteiger partial charge in [0.2, 0.25) is 0 Å². The van der Waals surface area contributed by atoms with Gasteiger partial charge in [0.05, 0.1) is 5.69 Å².